The number of fused-ring (bicyclic) bond motifs is 1. The Kier molecular flexibility index (Phi) is 3.68. The van der Waals surface area contributed by atoms with Crippen molar-refractivity contribution in [3.63, 3.8) is 0 Å². The molecule has 0 atom stereocenters. The van der Waals surface area contributed by atoms with Crippen LogP contribution in [0.5, 0.6) is 0 Å². The Balaban J connectivity index is 1.61. The first-order valence-electron chi connectivity index (χ1n) is 7.81. The summed E-state index contributed by atoms with van der Waals surface area (Å²) in [6.45, 7) is 4.10. The summed E-state index contributed by atoms with van der Waals surface area (Å²) in [5.74, 6) is 0.0755. The zero-order valence-corrected chi connectivity index (χ0v) is 12.3. The van der Waals surface area contributed by atoms with E-state index in [2.05, 4.69) is 17.6 Å². The van der Waals surface area contributed by atoms with Crippen molar-refractivity contribution in [3.05, 3.63) is 29.3 Å². The van der Waals surface area contributed by atoms with Gasteiger partial charge in [0, 0.05) is 24.3 Å². The van der Waals surface area contributed by atoms with Gasteiger partial charge in [-0.05, 0) is 48.4 Å². The third-order valence-electron chi connectivity index (χ3n) is 4.81. The van der Waals surface area contributed by atoms with Crippen LogP contribution >= 0.6 is 0 Å². The molecule has 1 aromatic rings. The van der Waals surface area contributed by atoms with Crippen LogP contribution in [0, 0.1) is 5.41 Å². The van der Waals surface area contributed by atoms with Crippen molar-refractivity contribution in [2.24, 2.45) is 5.41 Å². The maximum Gasteiger partial charge on any atom is 0.251 e. The van der Waals surface area contributed by atoms with Gasteiger partial charge in [0.05, 0.1) is 0 Å². The molecule has 0 aromatic heterocycles. The Morgan fingerprint density at radius 1 is 1.30 bits per heavy atom. The van der Waals surface area contributed by atoms with Crippen molar-refractivity contribution in [1.82, 2.24) is 5.32 Å². The predicted octanol–water partition coefficient (Wildman–Crippen LogP) is 3.35. The summed E-state index contributed by atoms with van der Waals surface area (Å²) >= 11 is 0. The molecule has 1 aliphatic heterocycles. The highest BCUT2D eigenvalue weighted by molar-refractivity contribution is 5.95. The van der Waals surface area contributed by atoms with E-state index >= 15 is 0 Å². The molecular weight excluding hydrogens is 248 g/mol. The number of benzene rings is 1. The SMILES string of the molecule is CC1(CNC(=O)c2ccc3c(c2)CCN3)CCCCC1. The lowest BCUT2D eigenvalue weighted by Crippen LogP contribution is -2.37. The molecule has 2 aliphatic rings. The molecule has 0 unspecified atom stereocenters. The summed E-state index contributed by atoms with van der Waals surface area (Å²) < 4.78 is 0. The molecule has 1 amide bonds. The number of hydrogen-bond acceptors (Lipinski definition) is 2. The highest BCUT2D eigenvalue weighted by Crippen LogP contribution is 2.35. The van der Waals surface area contributed by atoms with E-state index in [9.17, 15) is 4.79 Å². The molecule has 108 valence electrons. The van der Waals surface area contributed by atoms with Gasteiger partial charge >= 0.3 is 0 Å². The monoisotopic (exact) mass is 272 g/mol. The molecule has 1 aliphatic carbocycles. The minimum atomic E-state index is 0.0755. The van der Waals surface area contributed by atoms with Crippen LogP contribution in [0.25, 0.3) is 0 Å². The van der Waals surface area contributed by atoms with Crippen LogP contribution in [0.3, 0.4) is 0 Å². The number of anilines is 1. The number of carbonyl (C=O) groups excluding carboxylic acids is 1. The van der Waals surface area contributed by atoms with Gasteiger partial charge in [-0.1, -0.05) is 26.2 Å². The van der Waals surface area contributed by atoms with Gasteiger partial charge in [-0.15, -0.1) is 0 Å². The van der Waals surface area contributed by atoms with Crippen LogP contribution < -0.4 is 10.6 Å². The van der Waals surface area contributed by atoms with Crippen molar-refractivity contribution in [1.29, 1.82) is 0 Å². The van der Waals surface area contributed by atoms with Gasteiger partial charge in [-0.25, -0.2) is 0 Å². The van der Waals surface area contributed by atoms with Gasteiger partial charge in [0.2, 0.25) is 0 Å². The van der Waals surface area contributed by atoms with Crippen LogP contribution in [0.4, 0.5) is 5.69 Å². The second-order valence-electron chi connectivity index (χ2n) is 6.60. The maximum absolute atomic E-state index is 12.3. The number of nitrogens with one attached hydrogen (secondary N) is 2. The second-order valence-corrected chi connectivity index (χ2v) is 6.60. The van der Waals surface area contributed by atoms with Crippen LogP contribution in [0.2, 0.25) is 0 Å². The lowest BCUT2D eigenvalue weighted by molar-refractivity contribution is 0.0919. The van der Waals surface area contributed by atoms with Gasteiger partial charge in [0.1, 0.15) is 0 Å². The summed E-state index contributed by atoms with van der Waals surface area (Å²) in [5.41, 5.74) is 3.54. The highest BCUT2D eigenvalue weighted by atomic mass is 16.1. The van der Waals surface area contributed by atoms with E-state index < -0.39 is 0 Å². The Bertz CT molecular complexity index is 504. The fourth-order valence-electron chi connectivity index (χ4n) is 3.42. The van der Waals surface area contributed by atoms with Gasteiger partial charge in [0.25, 0.3) is 5.91 Å². The molecule has 3 rings (SSSR count). The van der Waals surface area contributed by atoms with E-state index in [-0.39, 0.29) is 5.91 Å². The van der Waals surface area contributed by atoms with Crippen molar-refractivity contribution in [3.8, 4) is 0 Å². The molecule has 2 N–H and O–H groups in total. The zero-order chi connectivity index (χ0) is 14.0. The molecule has 0 bridgehead atoms. The predicted molar refractivity (Wildman–Crippen MR) is 82.2 cm³/mol. The Labute approximate surface area is 121 Å². The fraction of sp³-hybridized carbons (Fsp3) is 0.588. The summed E-state index contributed by atoms with van der Waals surface area (Å²) in [6.07, 6.45) is 7.45. The standard InChI is InChI=1S/C17H24N2O/c1-17(8-3-2-4-9-17)12-19-16(20)14-5-6-15-13(11-14)7-10-18-15/h5-6,11,18H,2-4,7-10,12H2,1H3,(H,19,20). The largest absolute Gasteiger partial charge is 0.384 e. The Morgan fingerprint density at radius 3 is 2.90 bits per heavy atom. The normalized spacial score (nSPS) is 20.1. The van der Waals surface area contributed by atoms with E-state index in [1.54, 1.807) is 0 Å². The van der Waals surface area contributed by atoms with Gasteiger partial charge in [-0.3, -0.25) is 4.79 Å². The average Bonchev–Trinajstić information content (AvgIpc) is 2.93. The Hall–Kier alpha value is -1.51. The summed E-state index contributed by atoms with van der Waals surface area (Å²) in [6, 6.07) is 5.99. The number of carbonyl (C=O) groups is 1. The molecule has 20 heavy (non-hydrogen) atoms. The Morgan fingerprint density at radius 2 is 2.10 bits per heavy atom. The van der Waals surface area contributed by atoms with Crippen LogP contribution in [0.15, 0.2) is 18.2 Å². The maximum atomic E-state index is 12.3. The third-order valence-corrected chi connectivity index (χ3v) is 4.81. The first kappa shape index (κ1) is 13.5. The fourth-order valence-corrected chi connectivity index (χ4v) is 3.42. The third kappa shape index (κ3) is 2.82. The van der Waals surface area contributed by atoms with E-state index in [0.717, 1.165) is 25.1 Å². The highest BCUT2D eigenvalue weighted by Gasteiger charge is 2.27. The van der Waals surface area contributed by atoms with E-state index in [4.69, 9.17) is 0 Å². The first-order valence-corrected chi connectivity index (χ1v) is 7.81. The van der Waals surface area contributed by atoms with E-state index in [0.29, 0.717) is 5.41 Å². The molecule has 1 saturated carbocycles. The van der Waals surface area contributed by atoms with Crippen LogP contribution in [-0.4, -0.2) is 19.0 Å². The average molecular weight is 272 g/mol. The molecule has 0 spiro atoms. The second kappa shape index (κ2) is 5.47. The van der Waals surface area contributed by atoms with Crippen LogP contribution in [0.1, 0.15) is 54.9 Å². The molecule has 1 fully saturated rings. The molecule has 3 nitrogen and oxygen atoms in total. The lowest BCUT2D eigenvalue weighted by Gasteiger charge is -2.33. The van der Waals surface area contributed by atoms with Gasteiger partial charge < -0.3 is 10.6 Å². The topological polar surface area (TPSA) is 41.1 Å². The molecule has 1 aromatic carbocycles. The minimum absolute atomic E-state index is 0.0755. The van der Waals surface area contributed by atoms with Crippen molar-refractivity contribution in [2.75, 3.05) is 18.4 Å². The van der Waals surface area contributed by atoms with E-state index in [1.165, 1.54) is 43.4 Å². The smallest absolute Gasteiger partial charge is 0.251 e. The van der Waals surface area contributed by atoms with E-state index in [1.807, 2.05) is 18.2 Å². The van der Waals surface area contributed by atoms with Crippen LogP contribution in [-0.2, 0) is 6.42 Å². The van der Waals surface area contributed by atoms with Crippen molar-refractivity contribution < 1.29 is 4.79 Å². The zero-order valence-electron chi connectivity index (χ0n) is 12.3. The van der Waals surface area contributed by atoms with Crippen molar-refractivity contribution in [2.45, 2.75) is 45.4 Å². The molecular formula is C17H24N2O. The number of rotatable bonds is 3. The molecule has 1 heterocycles. The summed E-state index contributed by atoms with van der Waals surface area (Å²) in [7, 11) is 0. The molecule has 0 saturated heterocycles. The lowest BCUT2D eigenvalue weighted by atomic mass is 9.76. The first-order chi connectivity index (χ1) is 9.66. The number of hydrogen-bond donors (Lipinski definition) is 2. The summed E-state index contributed by atoms with van der Waals surface area (Å²) in [4.78, 5) is 12.3. The molecule has 0 radical (unpaired) electrons. The minimum Gasteiger partial charge on any atom is -0.384 e. The van der Waals surface area contributed by atoms with Crippen molar-refractivity contribution >= 4 is 11.6 Å². The van der Waals surface area contributed by atoms with Gasteiger partial charge in [-0.2, -0.15) is 0 Å². The quantitative estimate of drug-likeness (QED) is 0.886. The molecule has 3 heteroatoms. The summed E-state index contributed by atoms with van der Waals surface area (Å²) in [5, 5.41) is 6.47. The number of amides is 1. The van der Waals surface area contributed by atoms with Gasteiger partial charge in [0.15, 0.2) is 0 Å².